The summed E-state index contributed by atoms with van der Waals surface area (Å²) in [7, 11) is 0. The van der Waals surface area contributed by atoms with Crippen LogP contribution in [0.4, 0.5) is 0 Å². The SMILES string of the molecule is CCCCOCC(C)C(C)COc1ccc(Cc2cc([C@@H]3O[C@H](SC)[C@@H](OC(C)=O)[C@H](OC(C)=O)[C@H]3OC(C)=O)ccc2C)cc1. The standard InChI is InChI=1S/C36H50O9S/c1-9-10-17-40-20-23(3)24(4)21-41-31-15-12-28(13-16-31)18-30-19-29(14-11-22(30)2)32-33(42-25(5)37)34(43-26(6)38)35(44-27(7)39)36(45-32)46-8/h11-16,19,23-24,32-36H,9-10,17-18,20-21H2,1-8H3/t23?,24?,32-,33-,34+,35-,36+/m0/s1. The summed E-state index contributed by atoms with van der Waals surface area (Å²) in [4.78, 5) is 36.3. The molecule has 46 heavy (non-hydrogen) atoms. The topological polar surface area (TPSA) is 107 Å². The van der Waals surface area contributed by atoms with E-state index in [9.17, 15) is 14.4 Å². The molecule has 0 amide bonds. The van der Waals surface area contributed by atoms with Crippen LogP contribution in [0.5, 0.6) is 5.75 Å². The van der Waals surface area contributed by atoms with E-state index in [4.69, 9.17) is 28.4 Å². The molecule has 1 heterocycles. The molecule has 0 aliphatic carbocycles. The second kappa shape index (κ2) is 18.3. The Balaban J connectivity index is 1.77. The van der Waals surface area contributed by atoms with Gasteiger partial charge in [0, 0.05) is 34.0 Å². The molecule has 1 saturated heterocycles. The molecule has 1 aliphatic heterocycles. The average molecular weight is 659 g/mol. The Morgan fingerprint density at radius 3 is 2.07 bits per heavy atom. The molecule has 7 atom stereocenters. The van der Waals surface area contributed by atoms with Gasteiger partial charge in [0.15, 0.2) is 18.3 Å². The average Bonchev–Trinajstić information content (AvgIpc) is 3.01. The molecule has 0 N–H and O–H groups in total. The Labute approximate surface area is 278 Å². The molecule has 0 bridgehead atoms. The second-order valence-corrected chi connectivity index (χ2v) is 13.0. The van der Waals surface area contributed by atoms with Crippen molar-refractivity contribution in [2.75, 3.05) is 26.1 Å². The maximum atomic E-state index is 12.2. The molecule has 0 radical (unpaired) electrons. The van der Waals surface area contributed by atoms with E-state index in [-0.39, 0.29) is 0 Å². The number of ether oxygens (including phenoxy) is 6. The highest BCUT2D eigenvalue weighted by atomic mass is 32.2. The first-order valence-corrected chi connectivity index (χ1v) is 17.3. The number of esters is 3. The van der Waals surface area contributed by atoms with E-state index in [1.165, 1.54) is 32.5 Å². The first-order chi connectivity index (χ1) is 21.9. The van der Waals surface area contributed by atoms with Gasteiger partial charge in [0.25, 0.3) is 0 Å². The van der Waals surface area contributed by atoms with E-state index in [1.54, 1.807) is 0 Å². The van der Waals surface area contributed by atoms with Crippen LogP contribution in [0.1, 0.15) is 82.7 Å². The van der Waals surface area contributed by atoms with Gasteiger partial charge in [-0.1, -0.05) is 57.5 Å². The lowest BCUT2D eigenvalue weighted by Gasteiger charge is -2.44. The van der Waals surface area contributed by atoms with Gasteiger partial charge in [-0.15, -0.1) is 11.8 Å². The molecule has 2 unspecified atom stereocenters. The Morgan fingerprint density at radius 2 is 1.46 bits per heavy atom. The van der Waals surface area contributed by atoms with Crippen LogP contribution >= 0.6 is 11.8 Å². The summed E-state index contributed by atoms with van der Waals surface area (Å²) < 4.78 is 35.2. The molecular weight excluding hydrogens is 608 g/mol. The largest absolute Gasteiger partial charge is 0.493 e. The van der Waals surface area contributed by atoms with Crippen molar-refractivity contribution in [2.24, 2.45) is 11.8 Å². The highest BCUT2D eigenvalue weighted by Crippen LogP contribution is 2.41. The lowest BCUT2D eigenvalue weighted by atomic mass is 9.90. The number of rotatable bonds is 16. The molecule has 0 saturated carbocycles. The molecule has 0 spiro atoms. The van der Waals surface area contributed by atoms with Crippen molar-refractivity contribution in [2.45, 2.75) is 97.6 Å². The molecule has 0 aromatic heterocycles. The van der Waals surface area contributed by atoms with Crippen molar-refractivity contribution in [3.63, 3.8) is 0 Å². The highest BCUT2D eigenvalue weighted by Gasteiger charge is 2.52. The zero-order chi connectivity index (χ0) is 33.8. The molecule has 2 aromatic rings. The first kappa shape index (κ1) is 37.4. The van der Waals surface area contributed by atoms with Gasteiger partial charge in [0.2, 0.25) is 0 Å². The number of aryl methyl sites for hydroxylation is 1. The van der Waals surface area contributed by atoms with E-state index in [1.807, 2.05) is 43.5 Å². The zero-order valence-corrected chi connectivity index (χ0v) is 29.2. The van der Waals surface area contributed by atoms with Gasteiger partial charge in [-0.05, 0) is 72.2 Å². The predicted molar refractivity (Wildman–Crippen MR) is 178 cm³/mol. The summed E-state index contributed by atoms with van der Waals surface area (Å²) in [5.74, 6) is -0.128. The van der Waals surface area contributed by atoms with Crippen molar-refractivity contribution in [1.82, 2.24) is 0 Å². The maximum Gasteiger partial charge on any atom is 0.303 e. The van der Waals surface area contributed by atoms with E-state index in [0.29, 0.717) is 24.9 Å². The quantitative estimate of drug-likeness (QED) is 0.111. The summed E-state index contributed by atoms with van der Waals surface area (Å²) in [5, 5.41) is 0. The lowest BCUT2D eigenvalue weighted by molar-refractivity contribution is -0.233. The fraction of sp³-hybridized carbons (Fsp3) is 0.583. The highest BCUT2D eigenvalue weighted by molar-refractivity contribution is 7.99. The minimum Gasteiger partial charge on any atom is -0.493 e. The van der Waals surface area contributed by atoms with Gasteiger partial charge in [0.1, 0.15) is 17.3 Å². The van der Waals surface area contributed by atoms with Gasteiger partial charge >= 0.3 is 17.9 Å². The maximum absolute atomic E-state index is 12.2. The normalized spacial score (nSPS) is 22.4. The van der Waals surface area contributed by atoms with E-state index >= 15 is 0 Å². The van der Waals surface area contributed by atoms with Crippen LogP contribution in [0.2, 0.25) is 0 Å². The van der Waals surface area contributed by atoms with Crippen LogP contribution in [0.25, 0.3) is 0 Å². The number of hydrogen-bond donors (Lipinski definition) is 0. The summed E-state index contributed by atoms with van der Waals surface area (Å²) in [6.07, 6.45) is 0.866. The van der Waals surface area contributed by atoms with Gasteiger partial charge in [0.05, 0.1) is 6.61 Å². The molecule has 1 aliphatic rings. The van der Waals surface area contributed by atoms with Crippen molar-refractivity contribution < 1.29 is 42.8 Å². The fourth-order valence-electron chi connectivity index (χ4n) is 5.29. The Morgan fingerprint density at radius 1 is 0.848 bits per heavy atom. The molecule has 254 valence electrons. The third kappa shape index (κ3) is 11.0. The van der Waals surface area contributed by atoms with Gasteiger partial charge in [-0.3, -0.25) is 14.4 Å². The Hall–Kier alpha value is -3.08. The fourth-order valence-corrected chi connectivity index (χ4v) is 6.00. The number of thioether (sulfide) groups is 1. The summed E-state index contributed by atoms with van der Waals surface area (Å²) in [5.41, 5.74) is 3.35. The van der Waals surface area contributed by atoms with Crippen LogP contribution in [-0.4, -0.2) is 67.7 Å². The van der Waals surface area contributed by atoms with Crippen LogP contribution in [0, 0.1) is 18.8 Å². The van der Waals surface area contributed by atoms with Crippen LogP contribution in [-0.2, 0) is 44.5 Å². The first-order valence-electron chi connectivity index (χ1n) is 16.0. The van der Waals surface area contributed by atoms with Gasteiger partial charge in [-0.25, -0.2) is 0 Å². The van der Waals surface area contributed by atoms with Gasteiger partial charge in [-0.2, -0.15) is 0 Å². The summed E-state index contributed by atoms with van der Waals surface area (Å²) in [6.45, 7) is 14.6. The molecular formula is C36H50O9S. The molecule has 2 aromatic carbocycles. The molecule has 9 nitrogen and oxygen atoms in total. The number of carbonyl (C=O) groups is 3. The smallest absolute Gasteiger partial charge is 0.303 e. The molecule has 3 rings (SSSR count). The predicted octanol–water partition coefficient (Wildman–Crippen LogP) is 6.61. The number of hydrogen-bond acceptors (Lipinski definition) is 10. The number of carbonyl (C=O) groups excluding carboxylic acids is 3. The van der Waals surface area contributed by atoms with E-state index in [2.05, 4.69) is 32.9 Å². The lowest BCUT2D eigenvalue weighted by Crippen LogP contribution is -2.57. The minimum absolute atomic E-state index is 0.361. The van der Waals surface area contributed by atoms with Crippen molar-refractivity contribution in [3.8, 4) is 5.75 Å². The van der Waals surface area contributed by atoms with E-state index in [0.717, 1.165) is 54.1 Å². The van der Waals surface area contributed by atoms with Crippen molar-refractivity contribution in [1.29, 1.82) is 0 Å². The van der Waals surface area contributed by atoms with Crippen LogP contribution < -0.4 is 4.74 Å². The summed E-state index contributed by atoms with van der Waals surface area (Å²) in [6, 6.07) is 14.1. The molecule has 10 heteroatoms. The van der Waals surface area contributed by atoms with Crippen molar-refractivity contribution in [3.05, 3.63) is 64.7 Å². The van der Waals surface area contributed by atoms with Crippen molar-refractivity contribution >= 4 is 29.7 Å². The number of benzene rings is 2. The zero-order valence-electron chi connectivity index (χ0n) is 28.4. The number of unbranched alkanes of at least 4 members (excludes halogenated alkanes) is 1. The van der Waals surface area contributed by atoms with E-state index < -0.39 is 47.8 Å². The van der Waals surface area contributed by atoms with Crippen LogP contribution in [0.3, 0.4) is 0 Å². The second-order valence-electron chi connectivity index (χ2n) is 12.1. The third-order valence-corrected chi connectivity index (χ3v) is 9.00. The molecule has 1 fully saturated rings. The monoisotopic (exact) mass is 658 g/mol. The van der Waals surface area contributed by atoms with Crippen LogP contribution in [0.15, 0.2) is 42.5 Å². The third-order valence-electron chi connectivity index (χ3n) is 8.16. The summed E-state index contributed by atoms with van der Waals surface area (Å²) >= 11 is 1.32. The minimum atomic E-state index is -1.06. The Kier molecular flexibility index (Phi) is 14.9. The Bertz CT molecular complexity index is 1280. The van der Waals surface area contributed by atoms with Gasteiger partial charge < -0.3 is 28.4 Å².